The normalized spacial score (nSPS) is 13.4. The van der Waals surface area contributed by atoms with Crippen molar-refractivity contribution in [3.63, 3.8) is 0 Å². The van der Waals surface area contributed by atoms with E-state index in [2.05, 4.69) is 18.8 Å². The predicted molar refractivity (Wildman–Crippen MR) is 81.9 cm³/mol. The van der Waals surface area contributed by atoms with Crippen molar-refractivity contribution in [2.45, 2.75) is 64.4 Å². The minimum Gasteiger partial charge on any atom is -0.378 e. The zero-order valence-corrected chi connectivity index (χ0v) is 12.3. The van der Waals surface area contributed by atoms with Gasteiger partial charge in [0.05, 0.1) is 0 Å². The molecule has 0 heterocycles. The summed E-state index contributed by atoms with van der Waals surface area (Å²) in [5, 5.41) is 10.2. The first-order chi connectivity index (χ1) is 9.14. The maximum Gasteiger partial charge on any atom is 0.123 e. The monoisotopic (exact) mass is 258 g/mol. The summed E-state index contributed by atoms with van der Waals surface area (Å²) in [6.45, 7) is 4.04. The van der Waals surface area contributed by atoms with Crippen LogP contribution in [0.3, 0.4) is 0 Å². The number of unbranched alkanes of at least 4 members (excludes halogenated alkanes) is 5. The average molecular weight is 258 g/mol. The van der Waals surface area contributed by atoms with Gasteiger partial charge in [-0.15, -0.1) is 0 Å². The molecule has 1 atom stereocenters. The molecule has 0 amide bonds. The zero-order chi connectivity index (χ0) is 14.0. The van der Waals surface area contributed by atoms with Crippen LogP contribution < -0.4 is 0 Å². The van der Waals surface area contributed by atoms with Crippen molar-refractivity contribution < 1.29 is 5.11 Å². The van der Waals surface area contributed by atoms with E-state index in [4.69, 9.17) is 0 Å². The van der Waals surface area contributed by atoms with Gasteiger partial charge in [-0.05, 0) is 31.9 Å². The first-order valence-corrected chi connectivity index (χ1v) is 7.44. The number of hydrogen-bond donors (Lipinski definition) is 1. The van der Waals surface area contributed by atoms with Crippen molar-refractivity contribution in [1.82, 2.24) is 0 Å². The molecular formula is C18H26O. The third-order valence-corrected chi connectivity index (χ3v) is 3.27. The third kappa shape index (κ3) is 7.70. The van der Waals surface area contributed by atoms with Gasteiger partial charge in [0.25, 0.3) is 0 Å². The third-order valence-electron chi connectivity index (χ3n) is 3.27. The first kappa shape index (κ1) is 15.8. The van der Waals surface area contributed by atoms with Crippen LogP contribution in [0.1, 0.15) is 64.4 Å². The van der Waals surface area contributed by atoms with Crippen LogP contribution >= 0.6 is 0 Å². The molecule has 0 spiro atoms. The Balaban J connectivity index is 2.30. The number of hydrogen-bond acceptors (Lipinski definition) is 1. The highest BCUT2D eigenvalue weighted by Crippen LogP contribution is 2.15. The van der Waals surface area contributed by atoms with Gasteiger partial charge in [0.15, 0.2) is 0 Å². The Labute approximate surface area is 118 Å². The van der Waals surface area contributed by atoms with Gasteiger partial charge in [0.1, 0.15) is 5.60 Å². The minimum absolute atomic E-state index is 0.763. The molecule has 1 heteroatoms. The first-order valence-electron chi connectivity index (χ1n) is 7.44. The van der Waals surface area contributed by atoms with E-state index in [9.17, 15) is 5.11 Å². The molecule has 1 N–H and O–H groups in total. The molecule has 1 rings (SSSR count). The van der Waals surface area contributed by atoms with Crippen molar-refractivity contribution in [3.8, 4) is 11.8 Å². The van der Waals surface area contributed by atoms with Crippen LogP contribution in [0.5, 0.6) is 0 Å². The topological polar surface area (TPSA) is 20.2 Å². The second kappa shape index (κ2) is 8.77. The zero-order valence-electron chi connectivity index (χ0n) is 12.3. The highest BCUT2D eigenvalue weighted by Gasteiger charge is 2.15. The Morgan fingerprint density at radius 2 is 1.63 bits per heavy atom. The SMILES string of the molecule is CCCCCCCCC(C)(O)C#Cc1ccccc1. The van der Waals surface area contributed by atoms with E-state index in [1.54, 1.807) is 0 Å². The number of benzene rings is 1. The number of aliphatic hydroxyl groups is 1. The molecule has 0 fully saturated rings. The maximum absolute atomic E-state index is 10.2. The second-order valence-electron chi connectivity index (χ2n) is 5.41. The lowest BCUT2D eigenvalue weighted by atomic mass is 9.97. The molecule has 1 aromatic carbocycles. The van der Waals surface area contributed by atoms with E-state index in [0.29, 0.717) is 0 Å². The quantitative estimate of drug-likeness (QED) is 0.562. The van der Waals surface area contributed by atoms with Crippen LogP contribution in [-0.2, 0) is 0 Å². The lowest BCUT2D eigenvalue weighted by molar-refractivity contribution is 0.109. The molecule has 0 saturated heterocycles. The molecule has 1 unspecified atom stereocenters. The van der Waals surface area contributed by atoms with Crippen LogP contribution in [0.4, 0.5) is 0 Å². The van der Waals surface area contributed by atoms with E-state index >= 15 is 0 Å². The van der Waals surface area contributed by atoms with E-state index in [-0.39, 0.29) is 0 Å². The minimum atomic E-state index is -0.861. The Morgan fingerprint density at radius 3 is 2.32 bits per heavy atom. The molecule has 0 aromatic heterocycles. The van der Waals surface area contributed by atoms with E-state index < -0.39 is 5.60 Å². The molecule has 0 saturated carbocycles. The van der Waals surface area contributed by atoms with Crippen molar-refractivity contribution >= 4 is 0 Å². The maximum atomic E-state index is 10.2. The molecular weight excluding hydrogens is 232 g/mol. The lowest BCUT2D eigenvalue weighted by Gasteiger charge is -2.15. The molecule has 1 nitrogen and oxygen atoms in total. The summed E-state index contributed by atoms with van der Waals surface area (Å²) in [6.07, 6.45) is 8.21. The van der Waals surface area contributed by atoms with Crippen molar-refractivity contribution in [3.05, 3.63) is 35.9 Å². The number of rotatable bonds is 7. The van der Waals surface area contributed by atoms with E-state index in [1.807, 2.05) is 37.3 Å². The van der Waals surface area contributed by atoms with E-state index in [0.717, 1.165) is 18.4 Å². The van der Waals surface area contributed by atoms with Crippen molar-refractivity contribution in [1.29, 1.82) is 0 Å². The summed E-state index contributed by atoms with van der Waals surface area (Å²) in [4.78, 5) is 0. The standard InChI is InChI=1S/C18H26O/c1-3-4-5-6-7-11-15-18(2,19)16-14-17-12-9-8-10-13-17/h8-10,12-13,19H,3-7,11,15H2,1-2H3. The summed E-state index contributed by atoms with van der Waals surface area (Å²) in [6, 6.07) is 9.83. The molecule has 104 valence electrons. The lowest BCUT2D eigenvalue weighted by Crippen LogP contribution is -2.21. The Kier molecular flexibility index (Phi) is 7.30. The average Bonchev–Trinajstić information content (AvgIpc) is 2.42. The van der Waals surface area contributed by atoms with Gasteiger partial charge in [-0.3, -0.25) is 0 Å². The molecule has 1 aromatic rings. The molecule has 0 aliphatic rings. The van der Waals surface area contributed by atoms with Crippen LogP contribution in [0.2, 0.25) is 0 Å². The molecule has 19 heavy (non-hydrogen) atoms. The second-order valence-corrected chi connectivity index (χ2v) is 5.41. The fourth-order valence-corrected chi connectivity index (χ4v) is 2.04. The Bertz CT molecular complexity index is 395. The van der Waals surface area contributed by atoms with Crippen LogP contribution in [0.15, 0.2) is 30.3 Å². The van der Waals surface area contributed by atoms with Gasteiger partial charge >= 0.3 is 0 Å². The largest absolute Gasteiger partial charge is 0.378 e. The molecule has 0 radical (unpaired) electrons. The van der Waals surface area contributed by atoms with Gasteiger partial charge in [-0.25, -0.2) is 0 Å². The Hall–Kier alpha value is -1.26. The van der Waals surface area contributed by atoms with Gasteiger partial charge in [-0.1, -0.05) is 69.1 Å². The fraction of sp³-hybridized carbons (Fsp3) is 0.556. The molecule has 0 aliphatic carbocycles. The fourth-order valence-electron chi connectivity index (χ4n) is 2.04. The summed E-state index contributed by atoms with van der Waals surface area (Å²) in [7, 11) is 0. The predicted octanol–water partition coefficient (Wildman–Crippen LogP) is 4.54. The van der Waals surface area contributed by atoms with Gasteiger partial charge in [0, 0.05) is 5.56 Å². The summed E-state index contributed by atoms with van der Waals surface area (Å²) >= 11 is 0. The van der Waals surface area contributed by atoms with Gasteiger partial charge < -0.3 is 5.11 Å². The molecule has 0 bridgehead atoms. The van der Waals surface area contributed by atoms with Crippen LogP contribution in [0, 0.1) is 11.8 Å². The van der Waals surface area contributed by atoms with Crippen LogP contribution in [0.25, 0.3) is 0 Å². The highest BCUT2D eigenvalue weighted by atomic mass is 16.3. The van der Waals surface area contributed by atoms with Crippen molar-refractivity contribution in [2.24, 2.45) is 0 Å². The highest BCUT2D eigenvalue weighted by molar-refractivity contribution is 5.35. The summed E-state index contributed by atoms with van der Waals surface area (Å²) in [5.74, 6) is 6.03. The van der Waals surface area contributed by atoms with Gasteiger partial charge in [0.2, 0.25) is 0 Å². The van der Waals surface area contributed by atoms with Gasteiger partial charge in [-0.2, -0.15) is 0 Å². The summed E-state index contributed by atoms with van der Waals surface area (Å²) < 4.78 is 0. The Morgan fingerprint density at radius 1 is 1.00 bits per heavy atom. The van der Waals surface area contributed by atoms with Crippen molar-refractivity contribution in [2.75, 3.05) is 0 Å². The van der Waals surface area contributed by atoms with Crippen LogP contribution in [-0.4, -0.2) is 10.7 Å². The van der Waals surface area contributed by atoms with E-state index in [1.165, 1.54) is 32.1 Å². The molecule has 0 aliphatic heterocycles. The summed E-state index contributed by atoms with van der Waals surface area (Å²) in [5.41, 5.74) is 0.103. The smallest absolute Gasteiger partial charge is 0.123 e.